The van der Waals surface area contributed by atoms with Crippen molar-refractivity contribution in [1.29, 1.82) is 0 Å². The fraction of sp³-hybridized carbons (Fsp3) is 0.333. The SMILES string of the molecule is CC[C@H](C(=O)NC(C)C)N(Cc1ccc(Cl)c(Cl)c1)C(=O)CN(c1cc(C)ccc1C)S(=O)(=O)c1ccccc1. The van der Waals surface area contributed by atoms with Gasteiger partial charge in [0.1, 0.15) is 12.6 Å². The van der Waals surface area contributed by atoms with Crippen molar-refractivity contribution >= 4 is 50.7 Å². The van der Waals surface area contributed by atoms with Crippen LogP contribution in [0.25, 0.3) is 0 Å². The first kappa shape index (κ1) is 31.5. The van der Waals surface area contributed by atoms with Gasteiger partial charge in [0.05, 0.1) is 20.6 Å². The van der Waals surface area contributed by atoms with Crippen LogP contribution in [-0.4, -0.2) is 43.8 Å². The zero-order chi connectivity index (χ0) is 29.6. The first-order valence-corrected chi connectivity index (χ1v) is 15.2. The third kappa shape index (κ3) is 7.56. The fourth-order valence-electron chi connectivity index (χ4n) is 4.36. The lowest BCUT2D eigenvalue weighted by atomic mass is 10.1. The zero-order valence-electron chi connectivity index (χ0n) is 23.3. The Labute approximate surface area is 247 Å². The predicted octanol–water partition coefficient (Wildman–Crippen LogP) is 6.14. The van der Waals surface area contributed by atoms with Gasteiger partial charge >= 0.3 is 0 Å². The third-order valence-corrected chi connectivity index (χ3v) is 8.91. The molecule has 0 radical (unpaired) electrons. The van der Waals surface area contributed by atoms with E-state index in [1.54, 1.807) is 49.4 Å². The summed E-state index contributed by atoms with van der Waals surface area (Å²) in [7, 11) is -4.13. The van der Waals surface area contributed by atoms with E-state index in [-0.39, 0.29) is 23.4 Å². The number of anilines is 1. The molecule has 0 bridgehead atoms. The number of hydrogen-bond donors (Lipinski definition) is 1. The predicted molar refractivity (Wildman–Crippen MR) is 161 cm³/mol. The number of nitrogens with zero attached hydrogens (tertiary/aromatic N) is 2. The number of hydrogen-bond acceptors (Lipinski definition) is 4. The van der Waals surface area contributed by atoms with E-state index >= 15 is 0 Å². The summed E-state index contributed by atoms with van der Waals surface area (Å²) in [6.07, 6.45) is 0.320. The topological polar surface area (TPSA) is 86.8 Å². The number of carbonyl (C=O) groups excluding carboxylic acids is 2. The van der Waals surface area contributed by atoms with E-state index < -0.39 is 28.5 Å². The highest BCUT2D eigenvalue weighted by molar-refractivity contribution is 7.92. The second-order valence-electron chi connectivity index (χ2n) is 9.97. The Bertz CT molecular complexity index is 1460. The van der Waals surface area contributed by atoms with Crippen molar-refractivity contribution in [3.8, 4) is 0 Å². The van der Waals surface area contributed by atoms with Crippen LogP contribution in [0.15, 0.2) is 71.6 Å². The molecule has 0 aliphatic carbocycles. The minimum absolute atomic E-state index is 0.0335. The molecule has 0 saturated heterocycles. The number of sulfonamides is 1. The molecule has 7 nitrogen and oxygen atoms in total. The number of aryl methyl sites for hydroxylation is 2. The van der Waals surface area contributed by atoms with Crippen LogP contribution in [0.4, 0.5) is 5.69 Å². The van der Waals surface area contributed by atoms with Gasteiger partial charge in [0.15, 0.2) is 0 Å². The van der Waals surface area contributed by atoms with E-state index in [0.29, 0.717) is 33.3 Å². The van der Waals surface area contributed by atoms with E-state index in [9.17, 15) is 18.0 Å². The molecule has 0 aliphatic rings. The molecule has 0 saturated carbocycles. The second kappa shape index (κ2) is 13.5. The van der Waals surface area contributed by atoms with Crippen molar-refractivity contribution in [2.45, 2.75) is 64.6 Å². The minimum Gasteiger partial charge on any atom is -0.352 e. The Balaban J connectivity index is 2.11. The molecular weight excluding hydrogens is 569 g/mol. The third-order valence-electron chi connectivity index (χ3n) is 6.40. The van der Waals surface area contributed by atoms with Gasteiger partial charge in [0.2, 0.25) is 11.8 Å². The quantitative estimate of drug-likeness (QED) is 0.285. The Kier molecular flexibility index (Phi) is 10.6. The van der Waals surface area contributed by atoms with Gasteiger partial charge in [-0.2, -0.15) is 0 Å². The molecule has 0 spiro atoms. The normalized spacial score (nSPS) is 12.2. The molecule has 1 N–H and O–H groups in total. The second-order valence-corrected chi connectivity index (χ2v) is 12.6. The summed E-state index contributed by atoms with van der Waals surface area (Å²) in [4.78, 5) is 28.8. The zero-order valence-corrected chi connectivity index (χ0v) is 25.6. The maximum absolute atomic E-state index is 14.1. The maximum Gasteiger partial charge on any atom is 0.264 e. The number of nitrogens with one attached hydrogen (secondary N) is 1. The molecule has 0 fully saturated rings. The molecule has 3 aromatic carbocycles. The van der Waals surface area contributed by atoms with Crippen molar-refractivity contribution in [2.75, 3.05) is 10.8 Å². The Hall–Kier alpha value is -3.07. The molecule has 214 valence electrons. The molecule has 0 aliphatic heterocycles. The van der Waals surface area contributed by atoms with E-state index in [0.717, 1.165) is 9.87 Å². The molecule has 0 unspecified atom stereocenters. The molecule has 0 aromatic heterocycles. The lowest BCUT2D eigenvalue weighted by Crippen LogP contribution is -2.53. The van der Waals surface area contributed by atoms with E-state index in [2.05, 4.69) is 5.32 Å². The molecular formula is C30H35Cl2N3O4S. The van der Waals surface area contributed by atoms with Crippen LogP contribution in [0.2, 0.25) is 10.0 Å². The monoisotopic (exact) mass is 603 g/mol. The van der Waals surface area contributed by atoms with Gasteiger partial charge in [0, 0.05) is 12.6 Å². The van der Waals surface area contributed by atoms with Gasteiger partial charge in [-0.05, 0) is 81.1 Å². The van der Waals surface area contributed by atoms with Crippen LogP contribution in [0, 0.1) is 13.8 Å². The average Bonchev–Trinajstić information content (AvgIpc) is 2.90. The van der Waals surface area contributed by atoms with Crippen molar-refractivity contribution in [1.82, 2.24) is 10.2 Å². The molecule has 3 aromatic rings. The molecule has 0 heterocycles. The highest BCUT2D eigenvalue weighted by Crippen LogP contribution is 2.29. The van der Waals surface area contributed by atoms with Crippen molar-refractivity contribution < 1.29 is 18.0 Å². The minimum atomic E-state index is -4.13. The van der Waals surface area contributed by atoms with Crippen LogP contribution in [-0.2, 0) is 26.2 Å². The van der Waals surface area contributed by atoms with Crippen molar-refractivity contribution in [3.63, 3.8) is 0 Å². The van der Waals surface area contributed by atoms with Crippen LogP contribution in [0.1, 0.15) is 43.9 Å². The first-order chi connectivity index (χ1) is 18.8. The van der Waals surface area contributed by atoms with E-state index in [4.69, 9.17) is 23.2 Å². The largest absolute Gasteiger partial charge is 0.352 e. The number of benzene rings is 3. The number of rotatable bonds is 11. The summed E-state index contributed by atoms with van der Waals surface area (Å²) in [6, 6.07) is 17.4. The summed E-state index contributed by atoms with van der Waals surface area (Å²) >= 11 is 12.3. The van der Waals surface area contributed by atoms with Gasteiger partial charge in [-0.15, -0.1) is 0 Å². The first-order valence-electron chi connectivity index (χ1n) is 13.0. The van der Waals surface area contributed by atoms with Crippen LogP contribution in [0.5, 0.6) is 0 Å². The Morgan fingerprint density at radius 3 is 2.20 bits per heavy atom. The lowest BCUT2D eigenvalue weighted by Gasteiger charge is -2.34. The van der Waals surface area contributed by atoms with Crippen LogP contribution in [0.3, 0.4) is 0 Å². The Morgan fingerprint density at radius 2 is 1.60 bits per heavy atom. The molecule has 2 amide bonds. The standard InChI is InChI=1S/C30H35Cl2N3O4S/c1-6-27(30(37)33-20(2)3)34(18-23-14-15-25(31)26(32)17-23)29(36)19-35(28-16-21(4)12-13-22(28)5)40(38,39)24-10-8-7-9-11-24/h7-17,20,27H,6,18-19H2,1-5H3,(H,33,37)/t27-/m1/s1. The van der Waals surface area contributed by atoms with Crippen LogP contribution >= 0.6 is 23.2 Å². The van der Waals surface area contributed by atoms with Gasteiger partial charge in [-0.3, -0.25) is 13.9 Å². The molecule has 10 heteroatoms. The smallest absolute Gasteiger partial charge is 0.264 e. The number of amides is 2. The number of halogens is 2. The van der Waals surface area contributed by atoms with Crippen molar-refractivity contribution in [2.24, 2.45) is 0 Å². The highest BCUT2D eigenvalue weighted by Gasteiger charge is 2.34. The van der Waals surface area contributed by atoms with Gasteiger partial charge in [-0.1, -0.05) is 66.5 Å². The summed E-state index contributed by atoms with van der Waals surface area (Å²) < 4.78 is 29.0. The van der Waals surface area contributed by atoms with E-state index in [1.165, 1.54) is 17.0 Å². The van der Waals surface area contributed by atoms with Gasteiger partial charge in [0.25, 0.3) is 10.0 Å². The van der Waals surface area contributed by atoms with E-state index in [1.807, 2.05) is 39.8 Å². The molecule has 3 rings (SSSR count). The number of carbonyl (C=O) groups is 2. The summed E-state index contributed by atoms with van der Waals surface area (Å²) in [5, 5.41) is 3.56. The average molecular weight is 605 g/mol. The van der Waals surface area contributed by atoms with Gasteiger partial charge in [-0.25, -0.2) is 8.42 Å². The highest BCUT2D eigenvalue weighted by atomic mass is 35.5. The Morgan fingerprint density at radius 1 is 0.925 bits per heavy atom. The molecule has 40 heavy (non-hydrogen) atoms. The summed E-state index contributed by atoms with van der Waals surface area (Å²) in [5.74, 6) is -0.854. The molecule has 1 atom stereocenters. The fourth-order valence-corrected chi connectivity index (χ4v) is 6.17. The van der Waals surface area contributed by atoms with Crippen LogP contribution < -0.4 is 9.62 Å². The summed E-state index contributed by atoms with van der Waals surface area (Å²) in [6.45, 7) is 8.67. The van der Waals surface area contributed by atoms with Crippen molar-refractivity contribution in [3.05, 3.63) is 93.5 Å². The maximum atomic E-state index is 14.1. The lowest BCUT2D eigenvalue weighted by molar-refractivity contribution is -0.140. The summed E-state index contributed by atoms with van der Waals surface area (Å²) in [5.41, 5.74) is 2.59. The van der Waals surface area contributed by atoms with Gasteiger partial charge < -0.3 is 10.2 Å².